The van der Waals surface area contributed by atoms with Gasteiger partial charge in [-0.25, -0.2) is 4.98 Å². The summed E-state index contributed by atoms with van der Waals surface area (Å²) in [5.41, 5.74) is 1.62. The molecule has 2 rings (SSSR count). The molecule has 0 saturated heterocycles. The van der Waals surface area contributed by atoms with Crippen LogP contribution in [0.25, 0.3) is 11.0 Å². The summed E-state index contributed by atoms with van der Waals surface area (Å²) >= 11 is 7.47. The van der Waals surface area contributed by atoms with Gasteiger partial charge in [0.2, 0.25) is 0 Å². The van der Waals surface area contributed by atoms with E-state index in [0.29, 0.717) is 10.2 Å². The third kappa shape index (κ3) is 2.99. The average Bonchev–Trinajstić information content (AvgIpc) is 2.76. The zero-order chi connectivity index (χ0) is 14.7. The summed E-state index contributed by atoms with van der Waals surface area (Å²) in [6, 6.07) is 5.65. The molecule has 1 N–H and O–H groups in total. The van der Waals surface area contributed by atoms with Crippen molar-refractivity contribution in [3.05, 3.63) is 35.9 Å². The second-order valence-electron chi connectivity index (χ2n) is 4.43. The minimum atomic E-state index is -0.865. The number of aliphatic carboxylic acids is 1. The lowest BCUT2D eigenvalue weighted by molar-refractivity contribution is -0.133. The smallest absolute Gasteiger partial charge is 0.313 e. The zero-order valence-electron chi connectivity index (χ0n) is 11.0. The lowest BCUT2D eigenvalue weighted by Gasteiger charge is -2.16. The molecule has 0 fully saturated rings. The van der Waals surface area contributed by atoms with Gasteiger partial charge in [0.15, 0.2) is 5.16 Å². The van der Waals surface area contributed by atoms with E-state index in [0.717, 1.165) is 17.5 Å². The summed E-state index contributed by atoms with van der Waals surface area (Å²) in [5.74, 6) is -0.891. The Hall–Kier alpha value is -1.46. The quantitative estimate of drug-likeness (QED) is 0.647. The second-order valence-corrected chi connectivity index (χ2v) is 5.78. The van der Waals surface area contributed by atoms with Crippen LogP contribution in [0.1, 0.15) is 19.4 Å². The van der Waals surface area contributed by atoms with Gasteiger partial charge in [0.1, 0.15) is 0 Å². The van der Waals surface area contributed by atoms with E-state index in [1.807, 2.05) is 35.8 Å². The highest BCUT2D eigenvalue weighted by Gasteiger charge is 2.18. The third-order valence-corrected chi connectivity index (χ3v) is 4.14. The minimum Gasteiger partial charge on any atom is -0.481 e. The van der Waals surface area contributed by atoms with Gasteiger partial charge in [-0.05, 0) is 25.5 Å². The van der Waals surface area contributed by atoms with Gasteiger partial charge in [-0.1, -0.05) is 35.5 Å². The largest absolute Gasteiger partial charge is 0.481 e. The van der Waals surface area contributed by atoms with Gasteiger partial charge in [-0.3, -0.25) is 4.79 Å². The molecule has 4 nitrogen and oxygen atoms in total. The van der Waals surface area contributed by atoms with E-state index >= 15 is 0 Å². The van der Waals surface area contributed by atoms with Crippen molar-refractivity contribution < 1.29 is 9.90 Å². The van der Waals surface area contributed by atoms with Crippen LogP contribution >= 0.6 is 23.4 Å². The van der Waals surface area contributed by atoms with Crippen molar-refractivity contribution >= 4 is 40.4 Å². The van der Waals surface area contributed by atoms with E-state index in [1.165, 1.54) is 11.8 Å². The highest BCUT2D eigenvalue weighted by Crippen LogP contribution is 2.33. The van der Waals surface area contributed by atoms with Crippen LogP contribution in [-0.2, 0) is 4.79 Å². The van der Waals surface area contributed by atoms with Crippen LogP contribution < -0.4 is 0 Å². The number of carboxylic acid groups (broad SMARTS) is 1. The third-order valence-electron chi connectivity index (χ3n) is 2.90. The van der Waals surface area contributed by atoms with Crippen LogP contribution in [0.3, 0.4) is 0 Å². The van der Waals surface area contributed by atoms with Gasteiger partial charge in [0.25, 0.3) is 0 Å². The van der Waals surface area contributed by atoms with Crippen molar-refractivity contribution in [3.8, 4) is 0 Å². The van der Waals surface area contributed by atoms with Crippen LogP contribution in [0.4, 0.5) is 0 Å². The fourth-order valence-electron chi connectivity index (χ4n) is 2.07. The number of fused-ring (bicyclic) bond motifs is 1. The van der Waals surface area contributed by atoms with E-state index in [-0.39, 0.29) is 11.8 Å². The van der Waals surface area contributed by atoms with Crippen molar-refractivity contribution in [3.63, 3.8) is 0 Å². The van der Waals surface area contributed by atoms with Crippen LogP contribution in [0, 0.1) is 0 Å². The molecular weight excluding hydrogens is 296 g/mol. The molecule has 2 aromatic rings. The molecule has 1 aromatic heterocycles. The van der Waals surface area contributed by atoms with Gasteiger partial charge >= 0.3 is 5.97 Å². The maximum atomic E-state index is 10.8. The molecule has 106 valence electrons. The predicted octanol–water partition coefficient (Wildman–Crippen LogP) is 4.00. The SMILES string of the molecule is C=CCC(C)n1c(SCC(=O)O)nc2cccc(Cl)c21. The molecule has 1 atom stereocenters. The molecule has 0 aliphatic rings. The molecule has 0 amide bonds. The molecule has 0 aliphatic heterocycles. The predicted molar refractivity (Wildman–Crippen MR) is 82.6 cm³/mol. The van der Waals surface area contributed by atoms with Crippen LogP contribution in [0.2, 0.25) is 5.02 Å². The minimum absolute atomic E-state index is 0.0260. The van der Waals surface area contributed by atoms with Crippen molar-refractivity contribution in [2.24, 2.45) is 0 Å². The molecule has 0 spiro atoms. The Kier molecular flexibility index (Phi) is 4.73. The van der Waals surface area contributed by atoms with E-state index in [2.05, 4.69) is 11.6 Å². The molecule has 20 heavy (non-hydrogen) atoms. The summed E-state index contributed by atoms with van der Waals surface area (Å²) < 4.78 is 1.99. The maximum Gasteiger partial charge on any atom is 0.313 e. The number of allylic oxidation sites excluding steroid dienone is 1. The number of carbonyl (C=O) groups is 1. The molecule has 0 radical (unpaired) electrons. The van der Waals surface area contributed by atoms with Crippen molar-refractivity contribution in [1.82, 2.24) is 9.55 Å². The van der Waals surface area contributed by atoms with Crippen molar-refractivity contribution in [1.29, 1.82) is 0 Å². The molecule has 0 saturated carbocycles. The zero-order valence-corrected chi connectivity index (χ0v) is 12.6. The summed E-state index contributed by atoms with van der Waals surface area (Å²) in [6.07, 6.45) is 2.59. The fraction of sp³-hybridized carbons (Fsp3) is 0.286. The van der Waals surface area contributed by atoms with E-state index in [9.17, 15) is 4.79 Å². The summed E-state index contributed by atoms with van der Waals surface area (Å²) in [6.45, 7) is 5.79. The van der Waals surface area contributed by atoms with Crippen LogP contribution in [0.15, 0.2) is 36.0 Å². The van der Waals surface area contributed by atoms with Gasteiger partial charge in [0, 0.05) is 6.04 Å². The Balaban J connectivity index is 2.54. The van der Waals surface area contributed by atoms with Gasteiger partial charge in [-0.15, -0.1) is 6.58 Å². The number of halogens is 1. The van der Waals surface area contributed by atoms with E-state index in [1.54, 1.807) is 0 Å². The first kappa shape index (κ1) is 14.9. The van der Waals surface area contributed by atoms with E-state index < -0.39 is 5.97 Å². The summed E-state index contributed by atoms with van der Waals surface area (Å²) in [4.78, 5) is 15.3. The Morgan fingerprint density at radius 1 is 1.65 bits per heavy atom. The highest BCUT2D eigenvalue weighted by atomic mass is 35.5. The molecular formula is C14H15ClN2O2S. The van der Waals surface area contributed by atoms with Crippen LogP contribution in [-0.4, -0.2) is 26.4 Å². The lowest BCUT2D eigenvalue weighted by Crippen LogP contribution is -2.07. The molecule has 6 heteroatoms. The van der Waals surface area contributed by atoms with Gasteiger partial charge in [-0.2, -0.15) is 0 Å². The Bertz CT molecular complexity index is 654. The average molecular weight is 311 g/mol. The summed E-state index contributed by atoms with van der Waals surface area (Å²) in [5, 5.41) is 10.1. The number of rotatable bonds is 6. The standard InChI is InChI=1S/C14H15ClN2O2S/c1-3-5-9(2)17-13-10(15)6-4-7-11(13)16-14(17)20-8-12(18)19/h3-4,6-7,9H,1,5,8H2,2H3,(H,18,19). The molecule has 1 heterocycles. The first-order valence-corrected chi connectivity index (χ1v) is 7.53. The number of hydrogen-bond acceptors (Lipinski definition) is 3. The Labute approximate surface area is 126 Å². The second kappa shape index (κ2) is 6.33. The van der Waals surface area contributed by atoms with E-state index in [4.69, 9.17) is 16.7 Å². The molecule has 1 unspecified atom stereocenters. The van der Waals surface area contributed by atoms with Crippen LogP contribution in [0.5, 0.6) is 0 Å². The number of aromatic nitrogens is 2. The number of carboxylic acids is 1. The normalized spacial score (nSPS) is 12.5. The van der Waals surface area contributed by atoms with Gasteiger partial charge < -0.3 is 9.67 Å². The van der Waals surface area contributed by atoms with Gasteiger partial charge in [0.05, 0.1) is 21.8 Å². The molecule has 0 bridgehead atoms. The number of thioether (sulfide) groups is 1. The monoisotopic (exact) mass is 310 g/mol. The van der Waals surface area contributed by atoms with Crippen molar-refractivity contribution in [2.45, 2.75) is 24.5 Å². The number of nitrogens with zero attached hydrogens (tertiary/aromatic N) is 2. The number of hydrogen-bond donors (Lipinski definition) is 1. The first-order chi connectivity index (χ1) is 9.54. The fourth-order valence-corrected chi connectivity index (χ4v) is 3.16. The van der Waals surface area contributed by atoms with Crippen molar-refractivity contribution in [2.75, 3.05) is 5.75 Å². The maximum absolute atomic E-state index is 10.8. The Morgan fingerprint density at radius 3 is 3.05 bits per heavy atom. The number of para-hydroxylation sites is 1. The summed E-state index contributed by atoms with van der Waals surface area (Å²) in [7, 11) is 0. The highest BCUT2D eigenvalue weighted by molar-refractivity contribution is 7.99. The first-order valence-electron chi connectivity index (χ1n) is 6.16. The topological polar surface area (TPSA) is 55.1 Å². The number of benzene rings is 1. The molecule has 0 aliphatic carbocycles. The molecule has 1 aromatic carbocycles. The number of imidazole rings is 1. The lowest BCUT2D eigenvalue weighted by atomic mass is 10.2. The Morgan fingerprint density at radius 2 is 2.40 bits per heavy atom.